The number of phenols is 1. The number of aromatic nitrogens is 2. The van der Waals surface area contributed by atoms with Crippen LogP contribution in [-0.2, 0) is 16.1 Å². The number of imidazole rings is 1. The highest BCUT2D eigenvalue weighted by Crippen LogP contribution is 2.31. The lowest BCUT2D eigenvalue weighted by Crippen LogP contribution is -2.27. The second-order valence-electron chi connectivity index (χ2n) is 5.98. The maximum atomic E-state index is 12.1. The van der Waals surface area contributed by atoms with Crippen molar-refractivity contribution in [1.29, 1.82) is 0 Å². The molecule has 0 bridgehead atoms. The van der Waals surface area contributed by atoms with Gasteiger partial charge < -0.3 is 14.8 Å². The van der Waals surface area contributed by atoms with Gasteiger partial charge in [0, 0.05) is 12.6 Å². The molecule has 2 N–H and O–H groups in total. The fourth-order valence-corrected chi connectivity index (χ4v) is 3.33. The van der Waals surface area contributed by atoms with Crippen molar-refractivity contribution in [3.05, 3.63) is 28.7 Å². The molecule has 2 aromatic rings. The van der Waals surface area contributed by atoms with Gasteiger partial charge in [-0.2, -0.15) is 0 Å². The zero-order chi connectivity index (χ0) is 15.7. The number of nitrogens with one attached hydrogen (secondary N) is 1. The van der Waals surface area contributed by atoms with E-state index in [9.17, 15) is 14.7 Å². The lowest BCUT2D eigenvalue weighted by Gasteiger charge is -2.27. The van der Waals surface area contributed by atoms with Crippen molar-refractivity contribution in [2.75, 3.05) is 7.11 Å². The average Bonchev–Trinajstić information content (AvgIpc) is 2.83. The van der Waals surface area contributed by atoms with Crippen molar-refractivity contribution in [2.24, 2.45) is 11.8 Å². The fraction of sp³-hybridized carbons (Fsp3) is 0.500. The average molecular weight is 304 g/mol. The van der Waals surface area contributed by atoms with E-state index in [-0.39, 0.29) is 23.3 Å². The molecule has 0 unspecified atom stereocenters. The highest BCUT2D eigenvalue weighted by atomic mass is 16.5. The molecule has 6 nitrogen and oxygen atoms in total. The van der Waals surface area contributed by atoms with Gasteiger partial charge in [0.2, 0.25) is 0 Å². The Balaban J connectivity index is 1.75. The van der Waals surface area contributed by atoms with Crippen LogP contribution in [-0.4, -0.2) is 27.7 Å². The van der Waals surface area contributed by atoms with Crippen LogP contribution in [0.3, 0.4) is 0 Å². The molecule has 1 saturated carbocycles. The van der Waals surface area contributed by atoms with Crippen molar-refractivity contribution < 1.29 is 14.6 Å². The van der Waals surface area contributed by atoms with Crippen LogP contribution in [0, 0.1) is 11.8 Å². The van der Waals surface area contributed by atoms with E-state index in [2.05, 4.69) is 4.98 Å². The van der Waals surface area contributed by atoms with Gasteiger partial charge in [0.15, 0.2) is 0 Å². The summed E-state index contributed by atoms with van der Waals surface area (Å²) in [6, 6.07) is 4.87. The minimum absolute atomic E-state index is 0.00927. The number of benzene rings is 1. The predicted octanol–water partition coefficient (Wildman–Crippen LogP) is 2.01. The summed E-state index contributed by atoms with van der Waals surface area (Å²) in [5.41, 5.74) is 1.29. The van der Waals surface area contributed by atoms with Gasteiger partial charge in [0.25, 0.3) is 0 Å². The first-order chi connectivity index (χ1) is 10.6. The van der Waals surface area contributed by atoms with Crippen LogP contribution in [0.5, 0.6) is 5.75 Å². The summed E-state index contributed by atoms with van der Waals surface area (Å²) in [6.45, 7) is 0.607. The number of hydrogen-bond donors (Lipinski definition) is 2. The van der Waals surface area contributed by atoms with Gasteiger partial charge in [0.1, 0.15) is 5.75 Å². The van der Waals surface area contributed by atoms with E-state index in [4.69, 9.17) is 4.74 Å². The number of rotatable bonds is 3. The lowest BCUT2D eigenvalue weighted by molar-refractivity contribution is -0.146. The second-order valence-corrected chi connectivity index (χ2v) is 5.98. The topological polar surface area (TPSA) is 84.3 Å². The van der Waals surface area contributed by atoms with Crippen LogP contribution in [0.15, 0.2) is 23.0 Å². The summed E-state index contributed by atoms with van der Waals surface area (Å²) < 4.78 is 6.47. The van der Waals surface area contributed by atoms with E-state index in [0.29, 0.717) is 12.5 Å². The van der Waals surface area contributed by atoms with Crippen LogP contribution >= 0.6 is 0 Å². The molecule has 1 aromatic heterocycles. The van der Waals surface area contributed by atoms with Gasteiger partial charge >= 0.3 is 11.7 Å². The van der Waals surface area contributed by atoms with Crippen LogP contribution in [0.25, 0.3) is 11.0 Å². The molecule has 0 amide bonds. The molecule has 0 aliphatic heterocycles. The van der Waals surface area contributed by atoms with Crippen molar-refractivity contribution >= 4 is 17.0 Å². The van der Waals surface area contributed by atoms with E-state index in [0.717, 1.165) is 36.7 Å². The Labute approximate surface area is 127 Å². The number of carbonyl (C=O) groups excluding carboxylic acids is 1. The summed E-state index contributed by atoms with van der Waals surface area (Å²) in [6.07, 6.45) is 3.41. The van der Waals surface area contributed by atoms with Gasteiger partial charge in [-0.15, -0.1) is 0 Å². The van der Waals surface area contributed by atoms with Crippen LogP contribution in [0.4, 0.5) is 0 Å². The summed E-state index contributed by atoms with van der Waals surface area (Å²) in [7, 11) is 1.42. The molecule has 0 atom stereocenters. The van der Waals surface area contributed by atoms with E-state index >= 15 is 0 Å². The number of H-pyrrole nitrogens is 1. The Hall–Kier alpha value is -2.24. The highest BCUT2D eigenvalue weighted by molar-refractivity contribution is 5.76. The number of fused-ring (bicyclic) bond motifs is 1. The van der Waals surface area contributed by atoms with Crippen molar-refractivity contribution in [2.45, 2.75) is 32.2 Å². The number of hydrogen-bond acceptors (Lipinski definition) is 4. The largest absolute Gasteiger partial charge is 0.508 e. The molecular weight excluding hydrogens is 284 g/mol. The van der Waals surface area contributed by atoms with Crippen molar-refractivity contribution in [3.63, 3.8) is 0 Å². The standard InChI is InChI=1S/C16H20N2O4/c1-22-15(20)11-4-2-10(3-5-11)9-18-14-8-12(19)6-7-13(14)17-16(18)21/h6-8,10-11,19H,2-5,9H2,1H3,(H,17,21). The van der Waals surface area contributed by atoms with Crippen molar-refractivity contribution in [3.8, 4) is 5.75 Å². The minimum atomic E-state index is -0.157. The van der Waals surface area contributed by atoms with Crippen LogP contribution < -0.4 is 5.69 Å². The third-order valence-electron chi connectivity index (χ3n) is 4.58. The predicted molar refractivity (Wildman–Crippen MR) is 81.7 cm³/mol. The summed E-state index contributed by atoms with van der Waals surface area (Å²) in [5.74, 6) is 0.368. The second kappa shape index (κ2) is 5.87. The Morgan fingerprint density at radius 3 is 2.77 bits per heavy atom. The van der Waals surface area contributed by atoms with Gasteiger partial charge in [-0.3, -0.25) is 9.36 Å². The summed E-state index contributed by atoms with van der Waals surface area (Å²) in [4.78, 5) is 26.4. The number of carbonyl (C=O) groups is 1. The molecule has 1 aliphatic carbocycles. The first-order valence-electron chi connectivity index (χ1n) is 7.58. The Morgan fingerprint density at radius 2 is 2.09 bits per heavy atom. The first-order valence-corrected chi connectivity index (χ1v) is 7.58. The number of phenolic OH excluding ortho intramolecular Hbond substituents is 1. The van der Waals surface area contributed by atoms with E-state index in [1.54, 1.807) is 22.8 Å². The van der Waals surface area contributed by atoms with E-state index in [1.165, 1.54) is 7.11 Å². The zero-order valence-electron chi connectivity index (χ0n) is 12.5. The minimum Gasteiger partial charge on any atom is -0.508 e. The quantitative estimate of drug-likeness (QED) is 0.850. The van der Waals surface area contributed by atoms with Gasteiger partial charge in [-0.05, 0) is 43.7 Å². The monoisotopic (exact) mass is 304 g/mol. The molecule has 1 fully saturated rings. The number of esters is 1. The summed E-state index contributed by atoms with van der Waals surface area (Å²) >= 11 is 0. The number of aromatic hydroxyl groups is 1. The van der Waals surface area contributed by atoms with Gasteiger partial charge in [-0.25, -0.2) is 4.79 Å². The highest BCUT2D eigenvalue weighted by Gasteiger charge is 2.27. The fourth-order valence-electron chi connectivity index (χ4n) is 3.33. The smallest absolute Gasteiger partial charge is 0.326 e. The third-order valence-corrected chi connectivity index (χ3v) is 4.58. The molecule has 0 spiro atoms. The Bertz CT molecular complexity index is 738. The SMILES string of the molecule is COC(=O)C1CCC(Cn2c(=O)[nH]c3ccc(O)cc32)CC1. The van der Waals surface area contributed by atoms with Gasteiger partial charge in [0.05, 0.1) is 24.1 Å². The normalized spacial score (nSPS) is 21.9. The van der Waals surface area contributed by atoms with Crippen LogP contribution in [0.2, 0.25) is 0 Å². The molecule has 118 valence electrons. The molecule has 22 heavy (non-hydrogen) atoms. The van der Waals surface area contributed by atoms with E-state index < -0.39 is 0 Å². The van der Waals surface area contributed by atoms with Crippen molar-refractivity contribution in [1.82, 2.24) is 9.55 Å². The lowest BCUT2D eigenvalue weighted by atomic mass is 9.82. The van der Waals surface area contributed by atoms with E-state index in [1.807, 2.05) is 0 Å². The zero-order valence-corrected chi connectivity index (χ0v) is 12.5. The number of nitrogens with zero attached hydrogens (tertiary/aromatic N) is 1. The maximum Gasteiger partial charge on any atom is 0.326 e. The Morgan fingerprint density at radius 1 is 1.36 bits per heavy atom. The molecule has 1 aromatic carbocycles. The third kappa shape index (κ3) is 2.73. The molecule has 6 heteroatoms. The number of aromatic amines is 1. The maximum absolute atomic E-state index is 12.1. The molecule has 0 saturated heterocycles. The van der Waals surface area contributed by atoms with Crippen LogP contribution in [0.1, 0.15) is 25.7 Å². The molecule has 1 aliphatic rings. The number of methoxy groups -OCH3 is 1. The first kappa shape index (κ1) is 14.7. The molecule has 1 heterocycles. The summed E-state index contributed by atoms with van der Waals surface area (Å²) in [5, 5.41) is 9.61. The number of ether oxygens (including phenoxy) is 1. The molecule has 0 radical (unpaired) electrons. The van der Waals surface area contributed by atoms with Gasteiger partial charge in [-0.1, -0.05) is 0 Å². The Kier molecular flexibility index (Phi) is 3.92. The molecular formula is C16H20N2O4. The molecule has 3 rings (SSSR count).